The normalized spacial score (nSPS) is 22.8. The van der Waals surface area contributed by atoms with E-state index in [9.17, 15) is 0 Å². The second kappa shape index (κ2) is 4.36. The Kier molecular flexibility index (Phi) is 2.66. The van der Waals surface area contributed by atoms with Crippen LogP contribution in [0.5, 0.6) is 0 Å². The van der Waals surface area contributed by atoms with E-state index in [2.05, 4.69) is 42.5 Å². The summed E-state index contributed by atoms with van der Waals surface area (Å²) in [7, 11) is -0.128. The summed E-state index contributed by atoms with van der Waals surface area (Å²) < 4.78 is 0. The predicted molar refractivity (Wildman–Crippen MR) is 80.2 cm³/mol. The van der Waals surface area contributed by atoms with Gasteiger partial charge in [0.1, 0.15) is 0 Å². The first-order chi connectivity index (χ1) is 8.93. The van der Waals surface area contributed by atoms with E-state index >= 15 is 0 Å². The number of fused-ring (bicyclic) bond motifs is 2. The fourth-order valence-corrected chi connectivity index (χ4v) is 6.85. The molecule has 0 aromatic heterocycles. The highest BCUT2D eigenvalue weighted by Crippen LogP contribution is 2.54. The van der Waals surface area contributed by atoms with Gasteiger partial charge in [0.15, 0.2) is 0 Å². The van der Waals surface area contributed by atoms with Crippen LogP contribution < -0.4 is 0 Å². The summed E-state index contributed by atoms with van der Waals surface area (Å²) in [4.78, 5) is 4.65. The van der Waals surface area contributed by atoms with Crippen molar-refractivity contribution in [3.05, 3.63) is 53.6 Å². The van der Waals surface area contributed by atoms with Gasteiger partial charge in [0.05, 0.1) is 0 Å². The first-order valence-electron chi connectivity index (χ1n) is 6.45. The molecular formula is C16H15S2. The molecule has 1 atom stereocenters. The van der Waals surface area contributed by atoms with Crippen LogP contribution in [0.25, 0.3) is 0 Å². The molecule has 1 radical (unpaired) electrons. The molecule has 4 rings (SSSR count). The van der Waals surface area contributed by atoms with Gasteiger partial charge in [-0.3, -0.25) is 0 Å². The average molecular weight is 271 g/mol. The molecule has 2 heteroatoms. The van der Waals surface area contributed by atoms with Crippen LogP contribution in [-0.2, 0) is 12.8 Å². The van der Waals surface area contributed by atoms with E-state index < -0.39 is 0 Å². The van der Waals surface area contributed by atoms with Crippen LogP contribution in [0.15, 0.2) is 51.1 Å². The number of thiol groups is 1. The van der Waals surface area contributed by atoms with Gasteiger partial charge in [0, 0.05) is 15.5 Å². The SMILES string of the molecule is [c]1ccc2c(c1[SH]1CCc3ccccc31)CCS2. The maximum absolute atomic E-state index is 3.57. The van der Waals surface area contributed by atoms with E-state index in [0.29, 0.717) is 0 Å². The summed E-state index contributed by atoms with van der Waals surface area (Å²) in [5.41, 5.74) is 3.17. The largest absolute Gasteiger partial charge is 0.199 e. The topological polar surface area (TPSA) is 0 Å². The third kappa shape index (κ3) is 1.63. The fourth-order valence-electron chi connectivity index (χ4n) is 2.95. The number of hydrogen-bond acceptors (Lipinski definition) is 1. The molecule has 2 heterocycles. The molecule has 1 unspecified atom stereocenters. The Hall–Kier alpha value is -0.860. The van der Waals surface area contributed by atoms with E-state index in [1.165, 1.54) is 34.1 Å². The lowest BCUT2D eigenvalue weighted by Gasteiger charge is -2.19. The number of rotatable bonds is 1. The van der Waals surface area contributed by atoms with Crippen molar-refractivity contribution in [2.75, 3.05) is 11.5 Å². The van der Waals surface area contributed by atoms with Crippen molar-refractivity contribution in [3.63, 3.8) is 0 Å². The van der Waals surface area contributed by atoms with Gasteiger partial charge in [-0.2, -0.15) is 10.9 Å². The molecule has 2 aromatic carbocycles. The lowest BCUT2D eigenvalue weighted by atomic mass is 10.2. The van der Waals surface area contributed by atoms with Crippen molar-refractivity contribution in [2.45, 2.75) is 27.5 Å². The van der Waals surface area contributed by atoms with Gasteiger partial charge in [-0.05, 0) is 52.8 Å². The van der Waals surface area contributed by atoms with Crippen LogP contribution >= 0.6 is 22.7 Å². The number of benzene rings is 2. The predicted octanol–water partition coefficient (Wildman–Crippen LogP) is 4.11. The molecule has 2 aliphatic heterocycles. The van der Waals surface area contributed by atoms with Crippen molar-refractivity contribution in [3.8, 4) is 0 Å². The minimum Gasteiger partial charge on any atom is -0.199 e. The Morgan fingerprint density at radius 2 is 2.06 bits per heavy atom. The molecule has 0 nitrogen and oxygen atoms in total. The first-order valence-corrected chi connectivity index (χ1v) is 8.96. The zero-order valence-electron chi connectivity index (χ0n) is 10.1. The summed E-state index contributed by atoms with van der Waals surface area (Å²) >= 11 is 2.01. The van der Waals surface area contributed by atoms with E-state index in [1.807, 2.05) is 11.8 Å². The fraction of sp³-hybridized carbons (Fsp3) is 0.250. The number of thioether (sulfide) groups is 1. The van der Waals surface area contributed by atoms with Crippen molar-refractivity contribution < 1.29 is 0 Å². The molecule has 0 aliphatic carbocycles. The quantitative estimate of drug-likeness (QED) is 0.762. The minimum absolute atomic E-state index is 0.128. The lowest BCUT2D eigenvalue weighted by molar-refractivity contribution is 1.07. The van der Waals surface area contributed by atoms with Crippen molar-refractivity contribution in [1.29, 1.82) is 0 Å². The van der Waals surface area contributed by atoms with E-state index in [1.54, 1.807) is 16.0 Å². The highest BCUT2D eigenvalue weighted by atomic mass is 32.2. The van der Waals surface area contributed by atoms with Crippen molar-refractivity contribution >= 4 is 22.7 Å². The molecule has 2 aromatic rings. The molecule has 0 N–H and O–H groups in total. The van der Waals surface area contributed by atoms with Gasteiger partial charge >= 0.3 is 0 Å². The first kappa shape index (κ1) is 11.0. The second-order valence-corrected chi connectivity index (χ2v) is 8.17. The third-order valence-electron chi connectivity index (χ3n) is 3.80. The summed E-state index contributed by atoms with van der Waals surface area (Å²) in [6, 6.07) is 16.9. The summed E-state index contributed by atoms with van der Waals surface area (Å²) in [5, 5.41) is 0. The highest BCUT2D eigenvalue weighted by Gasteiger charge is 2.25. The third-order valence-corrected chi connectivity index (χ3v) is 7.53. The molecule has 0 saturated carbocycles. The molecule has 18 heavy (non-hydrogen) atoms. The van der Waals surface area contributed by atoms with Crippen LogP contribution in [0, 0.1) is 6.07 Å². The Morgan fingerprint density at radius 1 is 1.11 bits per heavy atom. The number of aryl methyl sites for hydroxylation is 1. The van der Waals surface area contributed by atoms with Gasteiger partial charge in [0.25, 0.3) is 0 Å². The average Bonchev–Trinajstić information content (AvgIpc) is 3.05. The van der Waals surface area contributed by atoms with Crippen LogP contribution in [0.2, 0.25) is 0 Å². The van der Waals surface area contributed by atoms with Crippen LogP contribution in [0.1, 0.15) is 11.1 Å². The Bertz CT molecular complexity index is 604. The Morgan fingerprint density at radius 3 is 3.06 bits per heavy atom. The zero-order chi connectivity index (χ0) is 11.9. The molecule has 0 spiro atoms. The van der Waals surface area contributed by atoms with Gasteiger partial charge in [0.2, 0.25) is 0 Å². The molecule has 0 fully saturated rings. The van der Waals surface area contributed by atoms with Crippen LogP contribution in [0.4, 0.5) is 0 Å². The van der Waals surface area contributed by atoms with E-state index in [0.717, 1.165) is 0 Å². The lowest BCUT2D eigenvalue weighted by Crippen LogP contribution is -1.92. The minimum atomic E-state index is -0.128. The molecule has 0 bridgehead atoms. The van der Waals surface area contributed by atoms with Gasteiger partial charge in [-0.25, -0.2) is 0 Å². The highest BCUT2D eigenvalue weighted by molar-refractivity contribution is 8.17. The molecule has 2 aliphatic rings. The Balaban J connectivity index is 1.84. The van der Waals surface area contributed by atoms with Crippen molar-refractivity contribution in [2.24, 2.45) is 0 Å². The zero-order valence-corrected chi connectivity index (χ0v) is 11.9. The summed E-state index contributed by atoms with van der Waals surface area (Å²) in [6.07, 6.45) is 2.50. The maximum Gasteiger partial charge on any atom is 0.0115 e. The molecule has 0 saturated heterocycles. The Labute approximate surface area is 115 Å². The standard InChI is InChI=1S/C16H15S2/c1-2-6-15-12(4-1)9-11-18(15)16-7-3-5-14-13(16)8-10-17-14/h1-6,18H,8-11H2. The van der Waals surface area contributed by atoms with E-state index in [-0.39, 0.29) is 10.9 Å². The smallest absolute Gasteiger partial charge is 0.0115 e. The van der Waals surface area contributed by atoms with Gasteiger partial charge in [-0.15, -0.1) is 11.8 Å². The molecule has 0 amide bonds. The summed E-state index contributed by atoms with van der Waals surface area (Å²) in [6.45, 7) is 0. The van der Waals surface area contributed by atoms with E-state index in [4.69, 9.17) is 0 Å². The maximum atomic E-state index is 3.57. The monoisotopic (exact) mass is 271 g/mol. The number of hydrogen-bond donors (Lipinski definition) is 1. The van der Waals surface area contributed by atoms with Gasteiger partial charge in [-0.1, -0.05) is 24.3 Å². The van der Waals surface area contributed by atoms with Crippen LogP contribution in [-0.4, -0.2) is 11.5 Å². The van der Waals surface area contributed by atoms with Crippen molar-refractivity contribution in [1.82, 2.24) is 0 Å². The van der Waals surface area contributed by atoms with Crippen LogP contribution in [0.3, 0.4) is 0 Å². The van der Waals surface area contributed by atoms with Gasteiger partial charge < -0.3 is 0 Å². The summed E-state index contributed by atoms with van der Waals surface area (Å²) in [5.74, 6) is 2.58. The molecular weight excluding hydrogens is 256 g/mol. The second-order valence-electron chi connectivity index (χ2n) is 4.80. The molecule has 91 valence electrons.